The van der Waals surface area contributed by atoms with E-state index < -0.39 is 37.0 Å². The van der Waals surface area contributed by atoms with Crippen LogP contribution in [0.3, 0.4) is 0 Å². The summed E-state index contributed by atoms with van der Waals surface area (Å²) in [5.41, 5.74) is 3.13. The summed E-state index contributed by atoms with van der Waals surface area (Å²) >= 11 is 0. The molecule has 2 aliphatic carbocycles. The van der Waals surface area contributed by atoms with Gasteiger partial charge in [0.2, 0.25) is 0 Å². The van der Waals surface area contributed by atoms with E-state index in [1.54, 1.807) is 37.4 Å². The predicted molar refractivity (Wildman–Crippen MR) is 265 cm³/mol. The Morgan fingerprint density at radius 3 is 2.53 bits per heavy atom. The summed E-state index contributed by atoms with van der Waals surface area (Å²) in [4.78, 5) is 38.2. The number of nitrogens with one attached hydrogen (secondary N) is 3. The number of aromatic amines is 1. The highest BCUT2D eigenvalue weighted by atomic mass is 32.2. The number of likely N-dealkylation sites (tertiary alicyclic amines) is 1. The third-order valence-electron chi connectivity index (χ3n) is 15.7. The number of fused-ring (bicyclic) bond motifs is 2. The van der Waals surface area contributed by atoms with Crippen molar-refractivity contribution in [2.45, 2.75) is 120 Å². The largest absolute Gasteiger partial charge is 0.489 e. The molecule has 5 N–H and O–H groups in total. The number of amides is 1. The number of anilines is 2. The van der Waals surface area contributed by atoms with E-state index >= 15 is 0 Å². The number of hydrogen-bond acceptors (Lipinski definition) is 14. The highest BCUT2D eigenvalue weighted by Gasteiger charge is 2.50. The van der Waals surface area contributed by atoms with E-state index in [9.17, 15) is 33.5 Å². The van der Waals surface area contributed by atoms with Crippen LogP contribution in [0.1, 0.15) is 118 Å². The molecule has 3 aromatic carbocycles. The Balaban J connectivity index is 0.886. The smallest absolute Gasteiger partial charge is 0.297 e. The van der Waals surface area contributed by atoms with E-state index in [0.29, 0.717) is 54.7 Å². The molecule has 5 aliphatic rings. The number of carbonyl (C=O) groups excluding carboxylic acids is 1. The molecule has 372 valence electrons. The molecule has 1 spiro atoms. The number of hydrogen-bond donors (Lipinski definition) is 5. The Labute approximate surface area is 408 Å². The number of aliphatic hydroxyl groups excluding tert-OH is 1. The molecule has 1 amide bonds. The van der Waals surface area contributed by atoms with E-state index in [0.717, 1.165) is 57.1 Å². The van der Waals surface area contributed by atoms with Gasteiger partial charge in [-0.3, -0.25) is 19.8 Å². The first-order valence-corrected chi connectivity index (χ1v) is 26.2. The van der Waals surface area contributed by atoms with E-state index in [-0.39, 0.29) is 71.6 Å². The fourth-order valence-electron chi connectivity index (χ4n) is 11.8. The molecule has 2 atom stereocenters. The van der Waals surface area contributed by atoms with Gasteiger partial charge in [-0.05, 0) is 130 Å². The zero-order valence-corrected chi connectivity index (χ0v) is 40.8. The Hall–Kier alpha value is -5.95. The first-order chi connectivity index (χ1) is 33.6. The van der Waals surface area contributed by atoms with Crippen molar-refractivity contribution >= 4 is 44.0 Å². The summed E-state index contributed by atoms with van der Waals surface area (Å²) < 4.78 is 48.6. The zero-order chi connectivity index (χ0) is 49.0. The van der Waals surface area contributed by atoms with E-state index in [1.165, 1.54) is 36.1 Å². The molecule has 3 aliphatic heterocycles. The minimum Gasteiger partial charge on any atom is -0.489 e. The predicted octanol–water partition coefficient (Wildman–Crippen LogP) is 8.58. The van der Waals surface area contributed by atoms with Gasteiger partial charge < -0.3 is 39.6 Å². The maximum Gasteiger partial charge on any atom is 0.297 e. The molecule has 70 heavy (non-hydrogen) atoms. The number of piperidine rings is 1. The number of aliphatic hydroxyl groups is 2. The van der Waals surface area contributed by atoms with Crippen LogP contribution in [0.4, 0.5) is 17.1 Å². The van der Waals surface area contributed by atoms with Gasteiger partial charge in [-0.15, -0.1) is 0 Å². The fraction of sp³-hybridized carbons (Fsp3) is 0.500. The van der Waals surface area contributed by atoms with Gasteiger partial charge in [-0.25, -0.2) is 13.1 Å². The second-order valence-electron chi connectivity index (χ2n) is 20.7. The lowest BCUT2D eigenvalue weighted by Gasteiger charge is -2.56. The van der Waals surface area contributed by atoms with Crippen LogP contribution in [0.5, 0.6) is 23.1 Å². The SMILES string of the molecule is CC(C)c1ccccc1[C@H]1CCCN1C1CC2(CCN(c3ccc(C(=O)NS(=O)(=O)c4cc5c(c([N+](=O)[O-])c4)N[C@@H](C4CCC(C)(O)CC4)CO5)c(Oc4cc5cc[nH]c5nc4OCCO)c3)CC2)C1. The fourth-order valence-corrected chi connectivity index (χ4v) is 12.8. The van der Waals surface area contributed by atoms with Gasteiger partial charge in [0.15, 0.2) is 17.2 Å². The maximum atomic E-state index is 14.3. The normalized spacial score (nSPS) is 23.6. The van der Waals surface area contributed by atoms with Crippen LogP contribution in [-0.4, -0.2) is 101 Å². The summed E-state index contributed by atoms with van der Waals surface area (Å²) in [5, 5.41) is 36.5. The molecule has 0 bridgehead atoms. The molecule has 0 unspecified atom stereocenters. The van der Waals surface area contributed by atoms with Crippen molar-refractivity contribution in [1.29, 1.82) is 0 Å². The van der Waals surface area contributed by atoms with Crippen LogP contribution in [0.15, 0.2) is 77.8 Å². The first-order valence-electron chi connectivity index (χ1n) is 24.7. The van der Waals surface area contributed by atoms with Gasteiger partial charge in [0, 0.05) is 60.6 Å². The van der Waals surface area contributed by atoms with Crippen molar-refractivity contribution in [3.05, 3.63) is 99.7 Å². The van der Waals surface area contributed by atoms with E-state index in [4.69, 9.17) is 14.2 Å². The molecule has 2 aromatic heterocycles. The number of H-pyrrole nitrogens is 1. The van der Waals surface area contributed by atoms with Crippen LogP contribution in [-0.2, 0) is 10.0 Å². The average molecular weight is 978 g/mol. The van der Waals surface area contributed by atoms with Crippen LogP contribution in [0.2, 0.25) is 0 Å². The molecule has 10 rings (SSSR count). The Kier molecular flexibility index (Phi) is 12.9. The lowest BCUT2D eigenvalue weighted by Crippen LogP contribution is -2.54. The Bertz CT molecular complexity index is 2880. The molecular weight excluding hydrogens is 915 g/mol. The van der Waals surface area contributed by atoms with Gasteiger partial charge in [0.25, 0.3) is 27.5 Å². The quantitative estimate of drug-likeness (QED) is 0.0520. The number of nitrogens with zero attached hydrogens (tertiary/aromatic N) is 4. The third-order valence-corrected chi connectivity index (χ3v) is 17.0. The standard InChI is InChI=1S/C52H63N7O10S/c1-32(2)38-7-4-5-8-39(38)42-9-6-20-58(42)36-29-52(30-36)17-21-57(22-18-52)35-10-11-40(44(26-35)69-46-25-34-14-19-53-48(34)55-50(46)67-24-23-60)49(61)56-70(65,66)37-27-43(59(63)64)47-45(28-37)68-31-41(54-47)33-12-15-51(3,62)16-13-33/h4-5,7-8,10-11,14,19,25-28,32-33,36,41-42,54,60,62H,6,9,12-13,15-18,20-24,29-31H2,1-3H3,(H,53,55)(H,56,61)/t33?,41-,42-,51?/m1/s1. The number of nitro benzene ring substituents is 1. The van der Waals surface area contributed by atoms with Crippen molar-refractivity contribution in [3.8, 4) is 23.1 Å². The van der Waals surface area contributed by atoms with Crippen LogP contribution < -0.4 is 29.1 Å². The second kappa shape index (κ2) is 19.0. The van der Waals surface area contributed by atoms with Crippen molar-refractivity contribution in [2.24, 2.45) is 11.3 Å². The lowest BCUT2D eigenvalue weighted by atomic mass is 9.59. The zero-order valence-electron chi connectivity index (χ0n) is 40.0. The average Bonchev–Trinajstić information content (AvgIpc) is 4.02. The topological polar surface area (TPSA) is 222 Å². The summed E-state index contributed by atoms with van der Waals surface area (Å²) in [6, 6.07) is 20.3. The van der Waals surface area contributed by atoms with Gasteiger partial charge in [-0.2, -0.15) is 4.98 Å². The Morgan fingerprint density at radius 2 is 1.79 bits per heavy atom. The number of aromatic nitrogens is 2. The molecular formula is C52H63N7O10S. The molecule has 5 aromatic rings. The van der Waals surface area contributed by atoms with Crippen LogP contribution >= 0.6 is 0 Å². The molecule has 5 heterocycles. The molecule has 2 saturated carbocycles. The number of sulfonamides is 1. The van der Waals surface area contributed by atoms with Gasteiger partial charge in [0.05, 0.1) is 33.6 Å². The van der Waals surface area contributed by atoms with Crippen LogP contribution in [0, 0.1) is 21.4 Å². The van der Waals surface area contributed by atoms with E-state index in [1.807, 2.05) is 0 Å². The number of pyridine rings is 1. The van der Waals surface area contributed by atoms with E-state index in [2.05, 4.69) is 67.9 Å². The molecule has 18 heteroatoms. The maximum absolute atomic E-state index is 14.3. The summed E-state index contributed by atoms with van der Waals surface area (Å²) in [6.45, 7) is 8.81. The van der Waals surface area contributed by atoms with Gasteiger partial charge >= 0.3 is 0 Å². The second-order valence-corrected chi connectivity index (χ2v) is 22.4. The van der Waals surface area contributed by atoms with Gasteiger partial charge in [0.1, 0.15) is 24.6 Å². The van der Waals surface area contributed by atoms with Gasteiger partial charge in [-0.1, -0.05) is 38.1 Å². The number of carbonyl (C=O) groups is 1. The third kappa shape index (κ3) is 9.50. The van der Waals surface area contributed by atoms with Crippen LogP contribution in [0.25, 0.3) is 11.0 Å². The number of benzene rings is 3. The highest BCUT2D eigenvalue weighted by Crippen LogP contribution is 2.54. The number of nitro groups is 1. The highest BCUT2D eigenvalue weighted by molar-refractivity contribution is 7.90. The minimum absolute atomic E-state index is 0.0223. The molecule has 2 saturated heterocycles. The monoisotopic (exact) mass is 977 g/mol. The molecule has 17 nitrogen and oxygen atoms in total. The summed E-state index contributed by atoms with van der Waals surface area (Å²) in [7, 11) is -4.73. The number of rotatable bonds is 14. The Morgan fingerprint density at radius 1 is 1.01 bits per heavy atom. The van der Waals surface area contributed by atoms with Crippen molar-refractivity contribution < 1.29 is 42.6 Å². The summed E-state index contributed by atoms with van der Waals surface area (Å²) in [5.74, 6) is -0.278. The van der Waals surface area contributed by atoms with Crippen molar-refractivity contribution in [1.82, 2.24) is 19.6 Å². The van der Waals surface area contributed by atoms with Crippen molar-refractivity contribution in [2.75, 3.05) is 49.7 Å². The first kappa shape index (κ1) is 47.7. The lowest BCUT2D eigenvalue weighted by molar-refractivity contribution is -0.384. The van der Waals surface area contributed by atoms with Crippen molar-refractivity contribution in [3.63, 3.8) is 0 Å². The minimum atomic E-state index is -4.73. The summed E-state index contributed by atoms with van der Waals surface area (Å²) in [6.07, 6.45) is 11.0. The number of ether oxygens (including phenoxy) is 3. The molecule has 0 radical (unpaired) electrons. The molecule has 4 fully saturated rings.